The van der Waals surface area contributed by atoms with Gasteiger partial charge < -0.3 is 4.74 Å². The third kappa shape index (κ3) is 4.30. The molecule has 0 amide bonds. The van der Waals surface area contributed by atoms with Crippen LogP contribution in [-0.2, 0) is 16.0 Å². The first-order chi connectivity index (χ1) is 13.2. The molecule has 27 heavy (non-hydrogen) atoms. The number of rotatable bonds is 4. The number of halogens is 1. The predicted octanol–water partition coefficient (Wildman–Crippen LogP) is 5.95. The van der Waals surface area contributed by atoms with Gasteiger partial charge in [-0.3, -0.25) is 4.79 Å². The highest BCUT2D eigenvalue weighted by atomic mass is 127. The Bertz CT molecular complexity index is 992. The van der Waals surface area contributed by atoms with Gasteiger partial charge in [-0.25, -0.2) is 0 Å². The average Bonchev–Trinajstić information content (AvgIpc) is 2.68. The minimum Gasteiger partial charge on any atom is -0.431 e. The molecule has 134 valence electrons. The highest BCUT2D eigenvalue weighted by Crippen LogP contribution is 2.39. The Balaban J connectivity index is 1.59. The minimum atomic E-state index is -0.215. The maximum absolute atomic E-state index is 12.4. The van der Waals surface area contributed by atoms with Crippen molar-refractivity contribution in [3.05, 3.63) is 110 Å². The van der Waals surface area contributed by atoms with Gasteiger partial charge in [0, 0.05) is 15.9 Å². The van der Waals surface area contributed by atoms with E-state index in [1.807, 2.05) is 42.5 Å². The van der Waals surface area contributed by atoms with Crippen molar-refractivity contribution >= 4 is 34.6 Å². The van der Waals surface area contributed by atoms with E-state index < -0.39 is 0 Å². The third-order valence-electron chi connectivity index (χ3n) is 4.78. The summed E-state index contributed by atoms with van der Waals surface area (Å²) >= 11 is 2.34. The highest BCUT2D eigenvalue weighted by molar-refractivity contribution is 14.1. The van der Waals surface area contributed by atoms with E-state index in [2.05, 4.69) is 65.1 Å². The number of fused-ring (bicyclic) bond motifs is 1. The maximum atomic E-state index is 12.4. The van der Waals surface area contributed by atoms with E-state index in [9.17, 15) is 4.79 Å². The van der Waals surface area contributed by atoms with Crippen LogP contribution in [-0.4, -0.2) is 5.97 Å². The van der Waals surface area contributed by atoms with E-state index in [0.29, 0.717) is 6.42 Å². The van der Waals surface area contributed by atoms with E-state index >= 15 is 0 Å². The molecule has 2 nitrogen and oxygen atoms in total. The SMILES string of the molecule is O=C(Cc1ccccc1)OC1=Cc2ccccc2C(c2cccc(I)c2)C1. The summed E-state index contributed by atoms with van der Waals surface area (Å²) in [6.07, 6.45) is 2.98. The normalized spacial score (nSPS) is 15.6. The lowest BCUT2D eigenvalue weighted by molar-refractivity contribution is -0.138. The van der Waals surface area contributed by atoms with Gasteiger partial charge in [-0.2, -0.15) is 0 Å². The molecule has 0 bridgehead atoms. The molecule has 0 heterocycles. The molecule has 1 aliphatic rings. The van der Waals surface area contributed by atoms with Crippen LogP contribution in [0, 0.1) is 3.57 Å². The number of hydrogen-bond acceptors (Lipinski definition) is 2. The van der Waals surface area contributed by atoms with Crippen molar-refractivity contribution in [3.8, 4) is 0 Å². The molecule has 0 spiro atoms. The van der Waals surface area contributed by atoms with Crippen LogP contribution in [0.2, 0.25) is 0 Å². The van der Waals surface area contributed by atoms with Gasteiger partial charge >= 0.3 is 5.97 Å². The van der Waals surface area contributed by atoms with Gasteiger partial charge in [-0.15, -0.1) is 0 Å². The highest BCUT2D eigenvalue weighted by Gasteiger charge is 2.25. The van der Waals surface area contributed by atoms with Crippen molar-refractivity contribution in [1.82, 2.24) is 0 Å². The quantitative estimate of drug-likeness (QED) is 0.351. The van der Waals surface area contributed by atoms with Crippen molar-refractivity contribution in [2.45, 2.75) is 18.8 Å². The number of benzene rings is 3. The molecule has 0 aliphatic heterocycles. The van der Waals surface area contributed by atoms with Crippen LogP contribution < -0.4 is 0 Å². The zero-order valence-corrected chi connectivity index (χ0v) is 16.9. The molecule has 0 saturated carbocycles. The van der Waals surface area contributed by atoms with Crippen LogP contribution in [0.3, 0.4) is 0 Å². The van der Waals surface area contributed by atoms with Crippen molar-refractivity contribution < 1.29 is 9.53 Å². The van der Waals surface area contributed by atoms with Crippen molar-refractivity contribution in [3.63, 3.8) is 0 Å². The smallest absolute Gasteiger partial charge is 0.315 e. The first-order valence-corrected chi connectivity index (χ1v) is 10.1. The zero-order valence-electron chi connectivity index (χ0n) is 14.8. The van der Waals surface area contributed by atoms with Crippen LogP contribution in [0.1, 0.15) is 34.6 Å². The Morgan fingerprint density at radius 3 is 2.56 bits per heavy atom. The van der Waals surface area contributed by atoms with Gasteiger partial charge in [0.25, 0.3) is 0 Å². The van der Waals surface area contributed by atoms with E-state index in [1.165, 1.54) is 14.7 Å². The lowest BCUT2D eigenvalue weighted by Gasteiger charge is -2.26. The van der Waals surface area contributed by atoms with Crippen molar-refractivity contribution in [2.24, 2.45) is 0 Å². The summed E-state index contributed by atoms with van der Waals surface area (Å²) in [5.74, 6) is 0.715. The molecular formula is C24H19IO2. The van der Waals surface area contributed by atoms with Gasteiger partial charge in [0.15, 0.2) is 0 Å². The minimum absolute atomic E-state index is 0.195. The summed E-state index contributed by atoms with van der Waals surface area (Å²) in [6.45, 7) is 0. The predicted molar refractivity (Wildman–Crippen MR) is 116 cm³/mol. The van der Waals surface area contributed by atoms with Gasteiger partial charge in [0.05, 0.1) is 6.42 Å². The maximum Gasteiger partial charge on any atom is 0.315 e. The third-order valence-corrected chi connectivity index (χ3v) is 5.45. The molecule has 4 rings (SSSR count). The number of hydrogen-bond donors (Lipinski definition) is 0. The standard InChI is InChI=1S/C24H19IO2/c25-20-11-6-10-18(14-20)23-16-21(15-19-9-4-5-12-22(19)23)27-24(26)13-17-7-2-1-3-8-17/h1-12,14-15,23H,13,16H2. The summed E-state index contributed by atoms with van der Waals surface area (Å²) in [4.78, 5) is 12.4. The van der Waals surface area contributed by atoms with Crippen LogP contribution in [0.4, 0.5) is 0 Å². The first kappa shape index (κ1) is 18.0. The first-order valence-electron chi connectivity index (χ1n) is 8.98. The Hall–Kier alpha value is -2.40. The largest absolute Gasteiger partial charge is 0.431 e. The van der Waals surface area contributed by atoms with Crippen LogP contribution in [0.5, 0.6) is 0 Å². The summed E-state index contributed by atoms with van der Waals surface area (Å²) in [7, 11) is 0. The fourth-order valence-corrected chi connectivity index (χ4v) is 4.11. The molecule has 0 fully saturated rings. The van der Waals surface area contributed by atoms with Crippen molar-refractivity contribution in [2.75, 3.05) is 0 Å². The van der Waals surface area contributed by atoms with E-state index in [0.717, 1.165) is 16.9 Å². The molecule has 3 heteroatoms. The molecule has 3 aromatic carbocycles. The van der Waals surface area contributed by atoms with Gasteiger partial charge in [-0.1, -0.05) is 66.7 Å². The molecule has 3 aromatic rings. The fraction of sp³-hybridized carbons (Fsp3) is 0.125. The Labute approximate surface area is 173 Å². The number of carbonyl (C=O) groups excluding carboxylic acids is 1. The second-order valence-electron chi connectivity index (χ2n) is 6.69. The van der Waals surface area contributed by atoms with Crippen LogP contribution in [0.25, 0.3) is 6.08 Å². The molecule has 0 aromatic heterocycles. The van der Waals surface area contributed by atoms with E-state index in [1.54, 1.807) is 0 Å². The second kappa shape index (κ2) is 8.09. The molecule has 0 N–H and O–H groups in total. The molecular weight excluding hydrogens is 447 g/mol. The molecule has 0 radical (unpaired) electrons. The summed E-state index contributed by atoms with van der Waals surface area (Å²) in [5.41, 5.74) is 4.62. The number of allylic oxidation sites excluding steroid dienone is 1. The fourth-order valence-electron chi connectivity index (χ4n) is 3.54. The zero-order chi connectivity index (χ0) is 18.6. The Kier molecular flexibility index (Phi) is 5.39. The Morgan fingerprint density at radius 1 is 0.963 bits per heavy atom. The van der Waals surface area contributed by atoms with E-state index in [4.69, 9.17) is 4.74 Å². The van der Waals surface area contributed by atoms with E-state index in [-0.39, 0.29) is 18.3 Å². The van der Waals surface area contributed by atoms with Gasteiger partial charge in [-0.05, 0) is 63.1 Å². The molecule has 1 aliphatic carbocycles. The summed E-state index contributed by atoms with van der Waals surface area (Å²) < 4.78 is 6.96. The average molecular weight is 466 g/mol. The Morgan fingerprint density at radius 2 is 1.74 bits per heavy atom. The summed E-state index contributed by atoms with van der Waals surface area (Å²) in [6, 6.07) is 26.6. The van der Waals surface area contributed by atoms with Crippen LogP contribution in [0.15, 0.2) is 84.6 Å². The van der Waals surface area contributed by atoms with Gasteiger partial charge in [0.2, 0.25) is 0 Å². The number of ether oxygens (including phenoxy) is 1. The molecule has 1 atom stereocenters. The van der Waals surface area contributed by atoms with Crippen LogP contribution >= 0.6 is 22.6 Å². The second-order valence-corrected chi connectivity index (χ2v) is 7.93. The molecule has 0 saturated heterocycles. The summed E-state index contributed by atoms with van der Waals surface area (Å²) in [5, 5.41) is 0. The lowest BCUT2D eigenvalue weighted by Crippen LogP contribution is -2.14. The topological polar surface area (TPSA) is 26.3 Å². The number of esters is 1. The molecule has 1 unspecified atom stereocenters. The lowest BCUT2D eigenvalue weighted by atomic mass is 9.81. The van der Waals surface area contributed by atoms with Crippen molar-refractivity contribution in [1.29, 1.82) is 0 Å². The van der Waals surface area contributed by atoms with Gasteiger partial charge in [0.1, 0.15) is 5.76 Å². The number of carbonyl (C=O) groups is 1. The monoisotopic (exact) mass is 466 g/mol.